The Bertz CT molecular complexity index is 207. The zero-order valence-electron chi connectivity index (χ0n) is 4.99. The number of aromatic nitrogens is 2. The van der Waals surface area contributed by atoms with Gasteiger partial charge in [0.25, 0.3) is 0 Å². The van der Waals surface area contributed by atoms with E-state index in [-0.39, 0.29) is 12.4 Å². The summed E-state index contributed by atoms with van der Waals surface area (Å²) in [5.74, 6) is 0. The van der Waals surface area contributed by atoms with Crippen LogP contribution in [0.4, 0.5) is 0 Å². The fourth-order valence-corrected chi connectivity index (χ4v) is 1.32. The maximum absolute atomic E-state index is 5.64. The van der Waals surface area contributed by atoms with E-state index in [0.717, 1.165) is 10.9 Å². The molecule has 0 aliphatic heterocycles. The van der Waals surface area contributed by atoms with Gasteiger partial charge in [0.15, 0.2) is 0 Å². The molecule has 0 amide bonds. The molecule has 0 saturated carbocycles. The van der Waals surface area contributed by atoms with Crippen LogP contribution < -0.4 is 0 Å². The van der Waals surface area contributed by atoms with Gasteiger partial charge >= 0.3 is 66.9 Å². The van der Waals surface area contributed by atoms with E-state index in [4.69, 9.17) is 11.6 Å². The summed E-state index contributed by atoms with van der Waals surface area (Å²) in [6.45, 7) is 0. The molecule has 0 aromatic carbocycles. The molecule has 0 bridgehead atoms. The normalized spacial score (nSPS) is 8.60. The Balaban J connectivity index is 0.000000810. The van der Waals surface area contributed by atoms with Gasteiger partial charge in [-0.3, -0.25) is 0 Å². The number of rotatable bonds is 1. The van der Waals surface area contributed by atoms with E-state index >= 15 is 0 Å². The first-order chi connectivity index (χ1) is 4.34. The average molecular weight is 239 g/mol. The molecule has 0 N–H and O–H groups in total. The summed E-state index contributed by atoms with van der Waals surface area (Å²) in [6, 6.07) is 0. The Hall–Kier alpha value is 0.218. The van der Waals surface area contributed by atoms with Gasteiger partial charge < -0.3 is 0 Å². The van der Waals surface area contributed by atoms with E-state index in [2.05, 4.69) is 26.8 Å². The van der Waals surface area contributed by atoms with Crippen LogP contribution in [0, 0.1) is 0 Å². The van der Waals surface area contributed by atoms with Gasteiger partial charge in [-0.15, -0.1) is 12.4 Å². The third-order valence-electron chi connectivity index (χ3n) is 0.873. The monoisotopic (exact) mass is 238 g/mol. The Labute approximate surface area is 79.3 Å². The van der Waals surface area contributed by atoms with E-state index in [0.29, 0.717) is 5.15 Å². The fourth-order valence-electron chi connectivity index (χ4n) is 0.456. The van der Waals surface area contributed by atoms with Crippen LogP contribution in [0.25, 0.3) is 0 Å². The summed E-state index contributed by atoms with van der Waals surface area (Å²) in [4.78, 5) is 7.83. The van der Waals surface area contributed by atoms with Gasteiger partial charge in [0.2, 0.25) is 0 Å². The van der Waals surface area contributed by atoms with E-state index in [1.807, 2.05) is 0 Å². The molecule has 0 aliphatic carbocycles. The van der Waals surface area contributed by atoms with Crippen molar-refractivity contribution in [1.29, 1.82) is 0 Å². The van der Waals surface area contributed by atoms with Crippen LogP contribution in [0.5, 0.6) is 0 Å². The molecule has 0 spiro atoms. The average Bonchev–Trinajstić information content (AvgIpc) is 1.89. The molecule has 1 aromatic rings. The van der Waals surface area contributed by atoms with Crippen molar-refractivity contribution in [2.75, 3.05) is 0 Å². The first kappa shape index (κ1) is 10.2. The summed E-state index contributed by atoms with van der Waals surface area (Å²) >= 11 is 8.05. The van der Waals surface area contributed by atoms with Crippen molar-refractivity contribution in [3.8, 4) is 0 Å². The molecule has 0 unspecified atom stereocenters. The Morgan fingerprint density at radius 3 is 2.40 bits per heavy atom. The van der Waals surface area contributed by atoms with Crippen molar-refractivity contribution in [2.24, 2.45) is 0 Å². The standard InChI is InChI=1S/C5H4AsClN2.ClH/c6-3-4-5(7)9-2-1-8-4;/h1-2H,3H2;1H. The topological polar surface area (TPSA) is 25.8 Å². The second-order valence-electron chi connectivity index (χ2n) is 1.45. The molecule has 10 heavy (non-hydrogen) atoms. The summed E-state index contributed by atoms with van der Waals surface area (Å²) in [5, 5.41) is 1.28. The van der Waals surface area contributed by atoms with E-state index in [1.54, 1.807) is 12.4 Å². The number of hydrogen-bond acceptors (Lipinski definition) is 2. The molecule has 1 heterocycles. The van der Waals surface area contributed by atoms with Crippen molar-refractivity contribution in [3.63, 3.8) is 0 Å². The van der Waals surface area contributed by atoms with Gasteiger partial charge in [-0.05, 0) is 0 Å². The zero-order valence-corrected chi connectivity index (χ0v) is 8.44. The van der Waals surface area contributed by atoms with Crippen molar-refractivity contribution in [2.45, 2.75) is 5.21 Å². The summed E-state index contributed by atoms with van der Waals surface area (Å²) in [6.07, 6.45) is 3.21. The Morgan fingerprint density at radius 1 is 1.40 bits per heavy atom. The molecule has 2 radical (unpaired) electrons. The number of halogens is 2. The Morgan fingerprint density at radius 2 is 2.00 bits per heavy atom. The predicted molar refractivity (Wildman–Crippen MR) is 43.7 cm³/mol. The summed E-state index contributed by atoms with van der Waals surface area (Å²) in [5.41, 5.74) is 0.833. The molecule has 2 nitrogen and oxygen atoms in total. The van der Waals surface area contributed by atoms with Crippen LogP contribution in [-0.2, 0) is 5.21 Å². The number of nitrogens with zero attached hydrogens (tertiary/aromatic N) is 2. The molecule has 1 rings (SSSR count). The van der Waals surface area contributed by atoms with Gasteiger partial charge in [0.1, 0.15) is 0 Å². The van der Waals surface area contributed by atoms with Crippen LogP contribution in [0.1, 0.15) is 5.69 Å². The predicted octanol–water partition coefficient (Wildman–Crippen LogP) is 1.22. The van der Waals surface area contributed by atoms with Crippen LogP contribution in [0.3, 0.4) is 0 Å². The molecule has 0 saturated heterocycles. The molecule has 54 valence electrons. The Kier molecular flexibility index (Phi) is 5.06. The van der Waals surface area contributed by atoms with Crippen LogP contribution in [-0.4, -0.2) is 26.8 Å². The van der Waals surface area contributed by atoms with E-state index < -0.39 is 0 Å². The van der Waals surface area contributed by atoms with Crippen molar-refractivity contribution in [3.05, 3.63) is 23.2 Å². The van der Waals surface area contributed by atoms with Gasteiger partial charge in [0, 0.05) is 0 Å². The molecular formula is C5H5AsCl2N2. The SMILES string of the molecule is Cl.Clc1nccnc1C[As]. The van der Waals surface area contributed by atoms with Gasteiger partial charge in [-0.2, -0.15) is 0 Å². The van der Waals surface area contributed by atoms with E-state index in [1.165, 1.54) is 0 Å². The second kappa shape index (κ2) is 4.95. The van der Waals surface area contributed by atoms with Gasteiger partial charge in [0.05, 0.1) is 0 Å². The minimum atomic E-state index is 0. The molecule has 0 fully saturated rings. The molecular weight excluding hydrogens is 234 g/mol. The van der Waals surface area contributed by atoms with Crippen LogP contribution in [0.15, 0.2) is 12.4 Å². The molecule has 1 aromatic heterocycles. The van der Waals surface area contributed by atoms with Crippen LogP contribution >= 0.6 is 24.0 Å². The second-order valence-corrected chi connectivity index (χ2v) is 2.47. The third kappa shape index (κ3) is 2.45. The van der Waals surface area contributed by atoms with Crippen molar-refractivity contribution >= 4 is 40.9 Å². The summed E-state index contributed by atoms with van der Waals surface area (Å²) in [7, 11) is 0. The van der Waals surface area contributed by atoms with Gasteiger partial charge in [-0.25, -0.2) is 0 Å². The van der Waals surface area contributed by atoms with Crippen molar-refractivity contribution in [1.82, 2.24) is 9.97 Å². The van der Waals surface area contributed by atoms with Crippen molar-refractivity contribution < 1.29 is 0 Å². The zero-order chi connectivity index (χ0) is 6.69. The third-order valence-corrected chi connectivity index (χ3v) is 1.82. The minimum absolute atomic E-state index is 0. The number of hydrogen-bond donors (Lipinski definition) is 0. The molecule has 5 heteroatoms. The van der Waals surface area contributed by atoms with E-state index in [9.17, 15) is 0 Å². The van der Waals surface area contributed by atoms with Gasteiger partial charge in [-0.1, -0.05) is 0 Å². The quantitative estimate of drug-likeness (QED) is 0.688. The first-order valence-corrected chi connectivity index (χ1v) is 4.11. The first-order valence-electron chi connectivity index (χ1n) is 2.41. The maximum atomic E-state index is 5.64. The van der Waals surface area contributed by atoms with Crippen LogP contribution in [0.2, 0.25) is 5.15 Å². The fraction of sp³-hybridized carbons (Fsp3) is 0.200. The summed E-state index contributed by atoms with van der Waals surface area (Å²) < 4.78 is 0. The molecule has 0 atom stereocenters. The molecule has 0 aliphatic rings.